The first-order chi connectivity index (χ1) is 28.5. The Kier molecular flexibility index (Phi) is 45.6. The van der Waals surface area contributed by atoms with Crippen LogP contribution in [0, 0.1) is 0 Å². The molecule has 0 amide bonds. The number of allylic oxidation sites excluding steroid dienone is 8. The van der Waals surface area contributed by atoms with Crippen LogP contribution in [0.5, 0.6) is 0 Å². The molecule has 0 aromatic rings. The van der Waals surface area contributed by atoms with Crippen molar-refractivity contribution in [1.29, 1.82) is 0 Å². The molecule has 7 nitrogen and oxygen atoms in total. The first kappa shape index (κ1) is 55.8. The molecule has 1 atom stereocenters. The average Bonchev–Trinajstić information content (AvgIpc) is 3.22. The van der Waals surface area contributed by atoms with Gasteiger partial charge in [-0.1, -0.05) is 152 Å². The summed E-state index contributed by atoms with van der Waals surface area (Å²) in [6.07, 6.45) is 53.1. The van der Waals surface area contributed by atoms with E-state index in [4.69, 9.17) is 15.2 Å². The van der Waals surface area contributed by atoms with Gasteiger partial charge in [0.1, 0.15) is 0 Å². The van der Waals surface area contributed by atoms with E-state index < -0.39 is 6.10 Å². The van der Waals surface area contributed by atoms with Gasteiger partial charge in [-0.15, -0.1) is 0 Å². The van der Waals surface area contributed by atoms with Gasteiger partial charge in [-0.25, -0.2) is 0 Å². The highest BCUT2D eigenvalue weighted by Crippen LogP contribution is 2.12. The number of carbonyl (C=O) groups is 2. The number of nitrogens with two attached hydrogens (primary N) is 1. The summed E-state index contributed by atoms with van der Waals surface area (Å²) in [5.41, 5.74) is 5.71. The van der Waals surface area contributed by atoms with Gasteiger partial charge < -0.3 is 25.2 Å². The fraction of sp³-hybridized carbons (Fsp3) is 0.804. The predicted octanol–water partition coefficient (Wildman–Crippen LogP) is 13.4. The third kappa shape index (κ3) is 44.9. The Morgan fingerprint density at radius 3 is 1.22 bits per heavy atom. The molecule has 0 aliphatic rings. The third-order valence-electron chi connectivity index (χ3n) is 10.7. The number of aliphatic hydroxyl groups is 1. The van der Waals surface area contributed by atoms with E-state index in [0.717, 1.165) is 116 Å². The molecule has 0 fully saturated rings. The molecule has 1 unspecified atom stereocenters. The van der Waals surface area contributed by atoms with Crippen LogP contribution in [-0.2, 0) is 19.1 Å². The number of aliphatic hydroxyl groups excluding tert-OH is 1. The zero-order chi connectivity index (χ0) is 42.3. The maximum Gasteiger partial charge on any atom is 0.305 e. The number of carbonyl (C=O) groups excluding carboxylic acids is 2. The van der Waals surface area contributed by atoms with Crippen LogP contribution in [0.2, 0.25) is 0 Å². The molecule has 0 aliphatic carbocycles. The largest absolute Gasteiger partial charge is 0.466 e. The van der Waals surface area contributed by atoms with Crippen LogP contribution in [0.15, 0.2) is 48.6 Å². The van der Waals surface area contributed by atoms with E-state index in [1.54, 1.807) is 0 Å². The Labute approximate surface area is 359 Å². The molecule has 0 saturated heterocycles. The van der Waals surface area contributed by atoms with Crippen LogP contribution in [0.1, 0.15) is 219 Å². The molecule has 0 aliphatic heterocycles. The summed E-state index contributed by atoms with van der Waals surface area (Å²) in [5.74, 6) is -0.114. The second kappa shape index (κ2) is 47.5. The minimum atomic E-state index is -0.502. The number of hydrogen-bond donors (Lipinski definition) is 2. The SMILES string of the molecule is CCCCC/C=C\C/C=C\CCCCCCCC(=O)OCCCCCCN(CCCCCCOC(=O)CCCCCCC/C=C\C/C=C\CCCCC)CC(O)CN. The summed E-state index contributed by atoms with van der Waals surface area (Å²) in [5, 5.41) is 10.2. The fourth-order valence-electron chi connectivity index (χ4n) is 6.93. The lowest BCUT2D eigenvalue weighted by Crippen LogP contribution is -2.37. The first-order valence-corrected chi connectivity index (χ1v) is 24.5. The maximum atomic E-state index is 12.1. The molecule has 0 spiro atoms. The number of hydrogen-bond acceptors (Lipinski definition) is 7. The molecule has 7 heteroatoms. The Balaban J connectivity index is 3.72. The zero-order valence-electron chi connectivity index (χ0n) is 38.2. The molecule has 338 valence electrons. The van der Waals surface area contributed by atoms with Gasteiger partial charge in [0.2, 0.25) is 0 Å². The quantitative estimate of drug-likeness (QED) is 0.0358. The molecule has 0 saturated carbocycles. The molecule has 0 bridgehead atoms. The van der Waals surface area contributed by atoms with E-state index in [0.29, 0.717) is 32.6 Å². The van der Waals surface area contributed by atoms with E-state index >= 15 is 0 Å². The van der Waals surface area contributed by atoms with Crippen LogP contribution < -0.4 is 5.73 Å². The van der Waals surface area contributed by atoms with E-state index in [1.807, 2.05) is 0 Å². The van der Waals surface area contributed by atoms with Gasteiger partial charge in [-0.3, -0.25) is 9.59 Å². The lowest BCUT2D eigenvalue weighted by Gasteiger charge is -2.24. The number of ether oxygens (including phenoxy) is 2. The lowest BCUT2D eigenvalue weighted by molar-refractivity contribution is -0.144. The average molecular weight is 815 g/mol. The van der Waals surface area contributed by atoms with Crippen LogP contribution in [0.3, 0.4) is 0 Å². The summed E-state index contributed by atoms with van der Waals surface area (Å²) in [7, 11) is 0. The molecular formula is C51H94N2O5. The molecular weight excluding hydrogens is 721 g/mol. The Bertz CT molecular complexity index is 921. The molecule has 0 aromatic carbocycles. The number of esters is 2. The smallest absolute Gasteiger partial charge is 0.305 e. The summed E-state index contributed by atoms with van der Waals surface area (Å²) in [4.78, 5) is 26.6. The number of unbranched alkanes of at least 4 members (excludes halogenated alkanes) is 22. The van der Waals surface area contributed by atoms with E-state index in [2.05, 4.69) is 67.4 Å². The van der Waals surface area contributed by atoms with Gasteiger partial charge in [0.05, 0.1) is 19.3 Å². The van der Waals surface area contributed by atoms with Crippen molar-refractivity contribution in [2.75, 3.05) is 39.4 Å². The first-order valence-electron chi connectivity index (χ1n) is 24.5. The molecule has 0 heterocycles. The fourth-order valence-corrected chi connectivity index (χ4v) is 6.93. The van der Waals surface area contributed by atoms with Crippen molar-refractivity contribution in [3.8, 4) is 0 Å². The Morgan fingerprint density at radius 2 is 0.828 bits per heavy atom. The Morgan fingerprint density at radius 1 is 0.483 bits per heavy atom. The Hall–Kier alpha value is -2.22. The van der Waals surface area contributed by atoms with E-state index in [9.17, 15) is 14.7 Å². The van der Waals surface area contributed by atoms with Crippen molar-refractivity contribution in [2.45, 2.75) is 225 Å². The number of nitrogens with zero attached hydrogens (tertiary/aromatic N) is 1. The zero-order valence-corrected chi connectivity index (χ0v) is 38.2. The minimum absolute atomic E-state index is 0.0572. The summed E-state index contributed by atoms with van der Waals surface area (Å²) >= 11 is 0. The topological polar surface area (TPSA) is 102 Å². The van der Waals surface area contributed by atoms with Gasteiger partial charge in [0, 0.05) is 25.9 Å². The van der Waals surface area contributed by atoms with Crippen molar-refractivity contribution in [3.05, 3.63) is 48.6 Å². The van der Waals surface area contributed by atoms with Crippen molar-refractivity contribution >= 4 is 11.9 Å². The highest BCUT2D eigenvalue weighted by molar-refractivity contribution is 5.69. The molecule has 0 aromatic heterocycles. The molecule has 3 N–H and O–H groups in total. The van der Waals surface area contributed by atoms with Gasteiger partial charge in [-0.2, -0.15) is 0 Å². The second-order valence-corrected chi connectivity index (χ2v) is 16.4. The summed E-state index contributed by atoms with van der Waals surface area (Å²) < 4.78 is 11.0. The molecule has 0 rings (SSSR count). The molecule has 58 heavy (non-hydrogen) atoms. The van der Waals surface area contributed by atoms with Crippen molar-refractivity contribution in [2.24, 2.45) is 5.73 Å². The highest BCUT2D eigenvalue weighted by Gasteiger charge is 2.11. The van der Waals surface area contributed by atoms with Crippen LogP contribution in [0.4, 0.5) is 0 Å². The van der Waals surface area contributed by atoms with Crippen molar-refractivity contribution in [3.63, 3.8) is 0 Å². The monoisotopic (exact) mass is 815 g/mol. The maximum absolute atomic E-state index is 12.1. The van der Waals surface area contributed by atoms with Crippen molar-refractivity contribution in [1.82, 2.24) is 4.90 Å². The minimum Gasteiger partial charge on any atom is -0.466 e. The highest BCUT2D eigenvalue weighted by atomic mass is 16.5. The van der Waals surface area contributed by atoms with Crippen LogP contribution in [-0.4, -0.2) is 67.4 Å². The van der Waals surface area contributed by atoms with Gasteiger partial charge in [0.25, 0.3) is 0 Å². The second-order valence-electron chi connectivity index (χ2n) is 16.4. The lowest BCUT2D eigenvalue weighted by atomic mass is 10.1. The van der Waals surface area contributed by atoms with Gasteiger partial charge in [0.15, 0.2) is 0 Å². The van der Waals surface area contributed by atoms with E-state index in [-0.39, 0.29) is 18.5 Å². The molecule has 0 radical (unpaired) electrons. The third-order valence-corrected chi connectivity index (χ3v) is 10.7. The van der Waals surface area contributed by atoms with Gasteiger partial charge in [-0.05, 0) is 116 Å². The van der Waals surface area contributed by atoms with Crippen LogP contribution in [0.25, 0.3) is 0 Å². The standard InChI is InChI=1S/C51H94N2O5/c1-3-5-7-9-11-13-15-17-19-21-23-25-27-29-35-41-50(55)57-45-39-33-31-37-43-53(48-49(54)47-52)44-38-32-34-40-46-58-51(56)42-36-30-28-26-24-22-20-18-16-14-12-10-8-6-4-2/h11-14,17-20,49,54H,3-10,15-16,21-48,52H2,1-2H3/b13-11-,14-12-,19-17-,20-18-. The predicted molar refractivity (Wildman–Crippen MR) is 249 cm³/mol. The van der Waals surface area contributed by atoms with E-state index in [1.165, 1.54) is 89.9 Å². The van der Waals surface area contributed by atoms with Crippen LogP contribution >= 0.6 is 0 Å². The number of rotatable bonds is 45. The summed E-state index contributed by atoms with van der Waals surface area (Å²) in [6, 6.07) is 0. The van der Waals surface area contributed by atoms with Gasteiger partial charge >= 0.3 is 11.9 Å². The van der Waals surface area contributed by atoms with Crippen molar-refractivity contribution < 1.29 is 24.2 Å². The normalized spacial score (nSPS) is 12.6. The summed E-state index contributed by atoms with van der Waals surface area (Å²) in [6.45, 7) is 8.28.